The standard InChI is InChI=1S/C37H42Cl2N4O4.ClH/c1-2-3-18-43-22-34(31-17-14-29(38)20-32(31)39)41-35(43)33(42-36(44)27-10-4-25(21-40)5-11-27)19-24-8-15-30(16-9-24)47-23-26-6-12-28(13-7-26)37(45)46;/h6-9,12-17,20,22,25,27,33H,2-5,10-11,18-19,21,23,40H2,1H3,(H,42,44)(H,45,46);1H/t25?,27?,33-;/m0./s1. The van der Waals surface area contributed by atoms with E-state index in [-0.39, 0.29) is 35.8 Å². The summed E-state index contributed by atoms with van der Waals surface area (Å²) in [5.74, 6) is 1.00. The molecular weight excluding hydrogens is 671 g/mol. The number of carboxylic acids is 1. The molecule has 1 fully saturated rings. The van der Waals surface area contributed by atoms with Gasteiger partial charge in [-0.15, -0.1) is 12.4 Å². The fraction of sp³-hybridized carbons (Fsp3) is 0.378. The van der Waals surface area contributed by atoms with E-state index in [0.29, 0.717) is 41.3 Å². The number of rotatable bonds is 14. The third-order valence-electron chi connectivity index (χ3n) is 8.92. The quantitative estimate of drug-likeness (QED) is 0.121. The van der Waals surface area contributed by atoms with Crippen LogP contribution in [0.2, 0.25) is 10.0 Å². The molecule has 1 amide bonds. The average Bonchev–Trinajstić information content (AvgIpc) is 3.50. The first-order chi connectivity index (χ1) is 22.7. The van der Waals surface area contributed by atoms with Crippen LogP contribution in [0.1, 0.15) is 78.8 Å². The lowest BCUT2D eigenvalue weighted by atomic mass is 9.81. The Morgan fingerprint density at radius 3 is 2.33 bits per heavy atom. The van der Waals surface area contributed by atoms with Gasteiger partial charge in [-0.2, -0.15) is 0 Å². The molecule has 1 atom stereocenters. The number of carbonyl (C=O) groups excluding carboxylic acids is 1. The first-order valence-electron chi connectivity index (χ1n) is 16.3. The highest BCUT2D eigenvalue weighted by molar-refractivity contribution is 6.36. The van der Waals surface area contributed by atoms with Gasteiger partial charge >= 0.3 is 5.97 Å². The number of nitrogens with one attached hydrogen (secondary N) is 1. The van der Waals surface area contributed by atoms with E-state index in [1.54, 1.807) is 36.4 Å². The minimum atomic E-state index is -0.959. The van der Waals surface area contributed by atoms with Crippen LogP contribution >= 0.6 is 35.6 Å². The van der Waals surface area contributed by atoms with Gasteiger partial charge in [0.25, 0.3) is 0 Å². The van der Waals surface area contributed by atoms with E-state index in [4.69, 9.17) is 43.8 Å². The van der Waals surface area contributed by atoms with Crippen molar-refractivity contribution in [2.24, 2.45) is 17.6 Å². The maximum Gasteiger partial charge on any atom is 0.335 e. The van der Waals surface area contributed by atoms with E-state index >= 15 is 0 Å². The number of nitrogens with zero attached hydrogens (tertiary/aromatic N) is 2. The molecule has 0 unspecified atom stereocenters. The molecule has 1 aromatic heterocycles. The molecule has 8 nitrogen and oxygen atoms in total. The zero-order chi connectivity index (χ0) is 33.3. The van der Waals surface area contributed by atoms with E-state index in [9.17, 15) is 9.59 Å². The fourth-order valence-corrected chi connectivity index (χ4v) is 6.57. The number of carboxylic acid groups (broad SMARTS) is 1. The van der Waals surface area contributed by atoms with Gasteiger partial charge in [0.15, 0.2) is 0 Å². The first-order valence-corrected chi connectivity index (χ1v) is 17.1. The molecule has 0 saturated heterocycles. The number of amides is 1. The summed E-state index contributed by atoms with van der Waals surface area (Å²) < 4.78 is 8.12. The van der Waals surface area contributed by atoms with Crippen molar-refractivity contribution in [1.82, 2.24) is 14.9 Å². The molecular formula is C37H43Cl3N4O4. The molecule has 0 radical (unpaired) electrons. The molecule has 48 heavy (non-hydrogen) atoms. The summed E-state index contributed by atoms with van der Waals surface area (Å²) >= 11 is 12.8. The molecule has 5 rings (SSSR count). The number of benzene rings is 3. The number of unbranched alkanes of at least 4 members (excludes halogenated alkanes) is 1. The zero-order valence-corrected chi connectivity index (χ0v) is 29.4. The summed E-state index contributed by atoms with van der Waals surface area (Å²) in [6, 6.07) is 19.5. The predicted molar refractivity (Wildman–Crippen MR) is 193 cm³/mol. The van der Waals surface area contributed by atoms with Crippen LogP contribution in [-0.2, 0) is 24.4 Å². The SMILES string of the molecule is CCCCn1cc(-c2ccc(Cl)cc2Cl)nc1[C@H](Cc1ccc(OCc2ccc(C(=O)O)cc2)cc1)NC(=O)C1CCC(CN)CC1.Cl. The Bertz CT molecular complexity index is 1650. The van der Waals surface area contributed by atoms with Gasteiger partial charge in [-0.1, -0.05) is 60.8 Å². The topological polar surface area (TPSA) is 119 Å². The van der Waals surface area contributed by atoms with Crippen molar-refractivity contribution in [3.63, 3.8) is 0 Å². The highest BCUT2D eigenvalue weighted by Gasteiger charge is 2.29. The molecule has 4 aromatic rings. The van der Waals surface area contributed by atoms with Crippen LogP contribution in [0.3, 0.4) is 0 Å². The molecule has 11 heteroatoms. The summed E-state index contributed by atoms with van der Waals surface area (Å²) in [5.41, 5.74) is 9.57. The van der Waals surface area contributed by atoms with Crippen molar-refractivity contribution >= 4 is 47.5 Å². The lowest BCUT2D eigenvalue weighted by Crippen LogP contribution is -2.38. The first kappa shape index (κ1) is 37.3. The van der Waals surface area contributed by atoms with Crippen molar-refractivity contribution in [2.45, 2.75) is 71.1 Å². The van der Waals surface area contributed by atoms with Crippen LogP contribution in [0, 0.1) is 11.8 Å². The fourth-order valence-electron chi connectivity index (χ4n) is 6.07. The van der Waals surface area contributed by atoms with Crippen LogP contribution in [-0.4, -0.2) is 33.1 Å². The van der Waals surface area contributed by atoms with Crippen molar-refractivity contribution in [2.75, 3.05) is 6.54 Å². The second-order valence-electron chi connectivity index (χ2n) is 12.3. The molecule has 4 N–H and O–H groups in total. The summed E-state index contributed by atoms with van der Waals surface area (Å²) in [5, 5.41) is 13.6. The third-order valence-corrected chi connectivity index (χ3v) is 9.46. The molecule has 0 aliphatic heterocycles. The normalized spacial score (nSPS) is 16.5. The van der Waals surface area contributed by atoms with Gasteiger partial charge < -0.3 is 25.5 Å². The minimum Gasteiger partial charge on any atom is -0.489 e. The number of ether oxygens (including phenoxy) is 1. The Morgan fingerprint density at radius 2 is 1.71 bits per heavy atom. The number of aromatic nitrogens is 2. The van der Waals surface area contributed by atoms with E-state index in [0.717, 1.165) is 73.3 Å². The molecule has 0 bridgehead atoms. The summed E-state index contributed by atoms with van der Waals surface area (Å²) in [6.45, 7) is 3.89. The molecule has 3 aromatic carbocycles. The number of carbonyl (C=O) groups is 2. The summed E-state index contributed by atoms with van der Waals surface area (Å²) in [6.07, 6.45) is 8.14. The van der Waals surface area contributed by atoms with Crippen LogP contribution in [0.25, 0.3) is 11.3 Å². The Kier molecular flexibility index (Phi) is 13.8. The van der Waals surface area contributed by atoms with Gasteiger partial charge in [0, 0.05) is 29.2 Å². The van der Waals surface area contributed by atoms with E-state index in [2.05, 4.69) is 16.8 Å². The number of hydrogen-bond acceptors (Lipinski definition) is 5. The lowest BCUT2D eigenvalue weighted by molar-refractivity contribution is -0.127. The predicted octanol–water partition coefficient (Wildman–Crippen LogP) is 8.52. The van der Waals surface area contributed by atoms with Crippen LogP contribution in [0.5, 0.6) is 5.75 Å². The number of hydrogen-bond donors (Lipinski definition) is 3. The monoisotopic (exact) mass is 712 g/mol. The highest BCUT2D eigenvalue weighted by Crippen LogP contribution is 2.33. The number of halogens is 3. The maximum absolute atomic E-state index is 13.7. The average molecular weight is 714 g/mol. The van der Waals surface area contributed by atoms with E-state index in [1.165, 1.54) is 0 Å². The van der Waals surface area contributed by atoms with Crippen LogP contribution in [0.15, 0.2) is 72.9 Å². The Labute approximate surface area is 298 Å². The lowest BCUT2D eigenvalue weighted by Gasteiger charge is -2.29. The maximum atomic E-state index is 13.7. The highest BCUT2D eigenvalue weighted by atomic mass is 35.5. The molecule has 1 saturated carbocycles. The van der Waals surface area contributed by atoms with Crippen molar-refractivity contribution in [3.8, 4) is 17.0 Å². The Balaban J connectivity index is 0.00000520. The van der Waals surface area contributed by atoms with Gasteiger partial charge in [-0.25, -0.2) is 9.78 Å². The second-order valence-corrected chi connectivity index (χ2v) is 13.2. The third kappa shape index (κ3) is 9.75. The number of nitrogens with two attached hydrogens (primary N) is 1. The van der Waals surface area contributed by atoms with E-state index in [1.807, 2.05) is 36.5 Å². The molecule has 1 aliphatic carbocycles. The van der Waals surface area contributed by atoms with Crippen molar-refractivity contribution in [3.05, 3.63) is 105 Å². The smallest absolute Gasteiger partial charge is 0.335 e. The molecule has 1 aliphatic rings. The molecule has 256 valence electrons. The van der Waals surface area contributed by atoms with Gasteiger partial charge in [-0.3, -0.25) is 4.79 Å². The van der Waals surface area contributed by atoms with Crippen molar-refractivity contribution < 1.29 is 19.4 Å². The second kappa shape index (κ2) is 17.7. The zero-order valence-electron chi connectivity index (χ0n) is 27.0. The summed E-state index contributed by atoms with van der Waals surface area (Å²) in [4.78, 5) is 29.9. The van der Waals surface area contributed by atoms with Crippen molar-refractivity contribution in [1.29, 1.82) is 0 Å². The van der Waals surface area contributed by atoms with Gasteiger partial charge in [0.05, 0.1) is 22.3 Å². The van der Waals surface area contributed by atoms with Crippen LogP contribution in [0.4, 0.5) is 0 Å². The number of aromatic carboxylic acids is 1. The Hall–Kier alpha value is -3.56. The molecule has 0 spiro atoms. The Morgan fingerprint density at radius 1 is 1.02 bits per heavy atom. The van der Waals surface area contributed by atoms with Crippen LogP contribution < -0.4 is 15.8 Å². The number of imidazole rings is 1. The van der Waals surface area contributed by atoms with Gasteiger partial charge in [0.1, 0.15) is 18.2 Å². The van der Waals surface area contributed by atoms with Gasteiger partial charge in [-0.05, 0) is 105 Å². The largest absolute Gasteiger partial charge is 0.489 e. The van der Waals surface area contributed by atoms with E-state index < -0.39 is 5.97 Å². The van der Waals surface area contributed by atoms with Gasteiger partial charge in [0.2, 0.25) is 5.91 Å². The molecule has 1 heterocycles. The minimum absolute atomic E-state index is 0. The number of aryl methyl sites for hydroxylation is 1. The summed E-state index contributed by atoms with van der Waals surface area (Å²) in [7, 11) is 0.